The van der Waals surface area contributed by atoms with Gasteiger partial charge in [-0.1, -0.05) is 30.5 Å². The van der Waals surface area contributed by atoms with E-state index in [1.807, 2.05) is 12.1 Å². The van der Waals surface area contributed by atoms with E-state index >= 15 is 0 Å². The van der Waals surface area contributed by atoms with Crippen molar-refractivity contribution in [1.29, 1.82) is 0 Å². The summed E-state index contributed by atoms with van der Waals surface area (Å²) in [4.78, 5) is 16.9. The van der Waals surface area contributed by atoms with Crippen molar-refractivity contribution in [2.24, 2.45) is 5.92 Å². The molecule has 1 aromatic rings. The van der Waals surface area contributed by atoms with E-state index in [0.29, 0.717) is 18.4 Å². The number of benzene rings is 1. The molecule has 0 spiro atoms. The van der Waals surface area contributed by atoms with E-state index in [4.69, 9.17) is 4.74 Å². The van der Waals surface area contributed by atoms with Crippen LogP contribution in [0.1, 0.15) is 31.2 Å². The third-order valence-corrected chi connectivity index (χ3v) is 5.09. The van der Waals surface area contributed by atoms with Gasteiger partial charge in [0, 0.05) is 38.6 Å². The highest BCUT2D eigenvalue weighted by Crippen LogP contribution is 2.26. The average Bonchev–Trinajstić information content (AvgIpc) is 3.11. The van der Waals surface area contributed by atoms with Crippen LogP contribution in [0.3, 0.4) is 0 Å². The smallest absolute Gasteiger partial charge is 0.225 e. The fourth-order valence-corrected chi connectivity index (χ4v) is 3.55. The standard InChI is InChI=1S/C19H28N2O2/c1-16-6-8-18(9-7-16)23-15-14-20-10-12-21(13-11-20)19(22)17-4-2-3-5-17/h6-9,17H,2-5,10-15H2,1H3. The molecular weight excluding hydrogens is 288 g/mol. The van der Waals surface area contributed by atoms with E-state index in [1.165, 1.54) is 18.4 Å². The minimum absolute atomic E-state index is 0.312. The van der Waals surface area contributed by atoms with E-state index in [1.54, 1.807) is 0 Å². The molecule has 0 unspecified atom stereocenters. The molecule has 4 nitrogen and oxygen atoms in total. The largest absolute Gasteiger partial charge is 0.492 e. The van der Waals surface area contributed by atoms with E-state index in [-0.39, 0.29) is 0 Å². The SMILES string of the molecule is Cc1ccc(OCCN2CCN(C(=O)C3CCCC3)CC2)cc1. The molecule has 1 aromatic carbocycles. The second-order valence-corrected chi connectivity index (χ2v) is 6.81. The first kappa shape index (κ1) is 16.3. The van der Waals surface area contributed by atoms with Crippen molar-refractivity contribution in [3.63, 3.8) is 0 Å². The molecule has 23 heavy (non-hydrogen) atoms. The Bertz CT molecular complexity index is 501. The maximum Gasteiger partial charge on any atom is 0.225 e. The number of hydrogen-bond donors (Lipinski definition) is 0. The van der Waals surface area contributed by atoms with Crippen molar-refractivity contribution in [2.45, 2.75) is 32.6 Å². The number of ether oxygens (including phenoxy) is 1. The Morgan fingerprint density at radius 2 is 1.74 bits per heavy atom. The van der Waals surface area contributed by atoms with Gasteiger partial charge in [-0.15, -0.1) is 0 Å². The fraction of sp³-hybridized carbons (Fsp3) is 0.632. The molecule has 1 aliphatic heterocycles. The first-order chi connectivity index (χ1) is 11.2. The van der Waals surface area contributed by atoms with Gasteiger partial charge in [-0.2, -0.15) is 0 Å². The summed E-state index contributed by atoms with van der Waals surface area (Å²) in [6.07, 6.45) is 4.66. The lowest BCUT2D eigenvalue weighted by atomic mass is 10.1. The fourth-order valence-electron chi connectivity index (χ4n) is 3.55. The van der Waals surface area contributed by atoms with Crippen molar-refractivity contribution in [2.75, 3.05) is 39.3 Å². The first-order valence-electron chi connectivity index (χ1n) is 8.93. The third-order valence-electron chi connectivity index (χ3n) is 5.09. The zero-order valence-electron chi connectivity index (χ0n) is 14.2. The van der Waals surface area contributed by atoms with Gasteiger partial charge in [0.1, 0.15) is 12.4 Å². The lowest BCUT2D eigenvalue weighted by molar-refractivity contribution is -0.137. The summed E-state index contributed by atoms with van der Waals surface area (Å²) in [5.74, 6) is 1.65. The number of carbonyl (C=O) groups excluding carboxylic acids is 1. The van der Waals surface area contributed by atoms with Crippen molar-refractivity contribution in [3.05, 3.63) is 29.8 Å². The minimum Gasteiger partial charge on any atom is -0.492 e. The number of rotatable bonds is 5. The van der Waals surface area contributed by atoms with E-state index in [0.717, 1.165) is 51.3 Å². The van der Waals surface area contributed by atoms with Crippen LogP contribution in [0.15, 0.2) is 24.3 Å². The Morgan fingerprint density at radius 1 is 1.09 bits per heavy atom. The first-order valence-corrected chi connectivity index (χ1v) is 8.93. The quantitative estimate of drug-likeness (QED) is 0.837. The Labute approximate surface area is 139 Å². The number of aryl methyl sites for hydroxylation is 1. The van der Waals surface area contributed by atoms with Crippen LogP contribution in [0.5, 0.6) is 5.75 Å². The molecular formula is C19H28N2O2. The summed E-state index contributed by atoms with van der Waals surface area (Å²) in [7, 11) is 0. The zero-order chi connectivity index (χ0) is 16.1. The molecule has 0 bridgehead atoms. The van der Waals surface area contributed by atoms with Gasteiger partial charge < -0.3 is 9.64 Å². The highest BCUT2D eigenvalue weighted by molar-refractivity contribution is 5.79. The Morgan fingerprint density at radius 3 is 2.39 bits per heavy atom. The van der Waals surface area contributed by atoms with Gasteiger partial charge in [-0.3, -0.25) is 9.69 Å². The van der Waals surface area contributed by atoms with Gasteiger partial charge in [0.25, 0.3) is 0 Å². The number of nitrogens with zero attached hydrogens (tertiary/aromatic N) is 2. The molecule has 126 valence electrons. The van der Waals surface area contributed by atoms with Crippen molar-refractivity contribution < 1.29 is 9.53 Å². The summed E-state index contributed by atoms with van der Waals surface area (Å²) in [6, 6.07) is 8.19. The highest BCUT2D eigenvalue weighted by atomic mass is 16.5. The topological polar surface area (TPSA) is 32.8 Å². The summed E-state index contributed by atoms with van der Waals surface area (Å²) >= 11 is 0. The number of hydrogen-bond acceptors (Lipinski definition) is 3. The van der Waals surface area contributed by atoms with Crippen LogP contribution < -0.4 is 4.74 Å². The summed E-state index contributed by atoms with van der Waals surface area (Å²) < 4.78 is 5.80. The molecule has 1 heterocycles. The molecule has 0 N–H and O–H groups in total. The molecule has 1 saturated carbocycles. The van der Waals surface area contributed by atoms with Crippen LogP contribution >= 0.6 is 0 Å². The molecule has 1 saturated heterocycles. The van der Waals surface area contributed by atoms with Gasteiger partial charge in [-0.05, 0) is 31.9 Å². The van der Waals surface area contributed by atoms with E-state index in [2.05, 4.69) is 28.9 Å². The molecule has 0 aromatic heterocycles. The van der Waals surface area contributed by atoms with Crippen LogP contribution in [0.2, 0.25) is 0 Å². The van der Waals surface area contributed by atoms with Crippen LogP contribution in [0.4, 0.5) is 0 Å². The number of carbonyl (C=O) groups is 1. The third kappa shape index (κ3) is 4.47. The van der Waals surface area contributed by atoms with Crippen LogP contribution in [0.25, 0.3) is 0 Å². The molecule has 3 rings (SSSR count). The number of amides is 1. The van der Waals surface area contributed by atoms with Crippen LogP contribution in [-0.4, -0.2) is 55.0 Å². The normalized spacial score (nSPS) is 20.0. The van der Waals surface area contributed by atoms with Crippen molar-refractivity contribution in [3.8, 4) is 5.75 Å². The van der Waals surface area contributed by atoms with Crippen LogP contribution in [-0.2, 0) is 4.79 Å². The molecule has 0 atom stereocenters. The second kappa shape index (κ2) is 7.82. The second-order valence-electron chi connectivity index (χ2n) is 6.81. The van der Waals surface area contributed by atoms with E-state index < -0.39 is 0 Å². The van der Waals surface area contributed by atoms with Gasteiger partial charge >= 0.3 is 0 Å². The molecule has 0 radical (unpaired) electrons. The Hall–Kier alpha value is -1.55. The molecule has 2 fully saturated rings. The maximum absolute atomic E-state index is 12.4. The van der Waals surface area contributed by atoms with Gasteiger partial charge in [0.05, 0.1) is 0 Å². The van der Waals surface area contributed by atoms with Crippen molar-refractivity contribution in [1.82, 2.24) is 9.80 Å². The summed E-state index contributed by atoms with van der Waals surface area (Å²) in [5, 5.41) is 0. The van der Waals surface area contributed by atoms with Crippen LogP contribution in [0, 0.1) is 12.8 Å². The number of piperazine rings is 1. The van der Waals surface area contributed by atoms with E-state index in [9.17, 15) is 4.79 Å². The van der Waals surface area contributed by atoms with Gasteiger partial charge in [-0.25, -0.2) is 0 Å². The lowest BCUT2D eigenvalue weighted by Gasteiger charge is -2.35. The predicted octanol–water partition coefficient (Wildman–Crippen LogP) is 2.71. The molecule has 1 amide bonds. The monoisotopic (exact) mass is 316 g/mol. The zero-order valence-corrected chi connectivity index (χ0v) is 14.2. The highest BCUT2D eigenvalue weighted by Gasteiger charge is 2.29. The summed E-state index contributed by atoms with van der Waals surface area (Å²) in [5.41, 5.74) is 1.25. The molecule has 2 aliphatic rings. The average molecular weight is 316 g/mol. The summed E-state index contributed by atoms with van der Waals surface area (Å²) in [6.45, 7) is 7.40. The molecule has 1 aliphatic carbocycles. The maximum atomic E-state index is 12.4. The minimum atomic E-state index is 0.312. The van der Waals surface area contributed by atoms with Gasteiger partial charge in [0.15, 0.2) is 0 Å². The molecule has 4 heteroatoms. The predicted molar refractivity (Wildman–Crippen MR) is 91.7 cm³/mol. The Kier molecular flexibility index (Phi) is 5.55. The lowest BCUT2D eigenvalue weighted by Crippen LogP contribution is -2.50. The van der Waals surface area contributed by atoms with Gasteiger partial charge in [0.2, 0.25) is 5.91 Å². The van der Waals surface area contributed by atoms with Crippen molar-refractivity contribution >= 4 is 5.91 Å². The Balaban J connectivity index is 1.36.